The van der Waals surface area contributed by atoms with Gasteiger partial charge in [0.05, 0.1) is 13.2 Å². The normalized spacial score (nSPS) is 11.5. The summed E-state index contributed by atoms with van der Waals surface area (Å²) in [5.41, 5.74) is 5.74. The van der Waals surface area contributed by atoms with Crippen LogP contribution in [0.3, 0.4) is 0 Å². The molecule has 0 spiro atoms. The van der Waals surface area contributed by atoms with E-state index >= 15 is 0 Å². The van der Waals surface area contributed by atoms with Crippen LogP contribution < -0.4 is 20.9 Å². The Balaban J connectivity index is 2.35. The SMILES string of the molecule is CCCCCOc1ccc(C(=O)NNC(=S)N[C@@H](C)COC)cc1. The Morgan fingerprint density at radius 3 is 2.54 bits per heavy atom. The molecule has 3 N–H and O–H groups in total. The molecule has 0 aromatic heterocycles. The van der Waals surface area contributed by atoms with Gasteiger partial charge in [-0.3, -0.25) is 15.6 Å². The molecule has 0 saturated carbocycles. The molecule has 0 aliphatic carbocycles. The smallest absolute Gasteiger partial charge is 0.269 e. The summed E-state index contributed by atoms with van der Waals surface area (Å²) >= 11 is 5.09. The number of hydrazine groups is 1. The van der Waals surface area contributed by atoms with Crippen LogP contribution in [0.1, 0.15) is 43.5 Å². The fourth-order valence-electron chi connectivity index (χ4n) is 1.98. The van der Waals surface area contributed by atoms with Crippen molar-refractivity contribution in [1.82, 2.24) is 16.2 Å². The zero-order valence-electron chi connectivity index (χ0n) is 14.6. The third-order valence-electron chi connectivity index (χ3n) is 3.22. The zero-order chi connectivity index (χ0) is 17.8. The van der Waals surface area contributed by atoms with Crippen molar-refractivity contribution in [2.45, 2.75) is 39.2 Å². The molecule has 1 aromatic rings. The molecule has 0 fully saturated rings. The Hall–Kier alpha value is -1.86. The summed E-state index contributed by atoms with van der Waals surface area (Å²) in [5.74, 6) is 0.497. The first kappa shape index (κ1) is 20.2. The second kappa shape index (κ2) is 11.6. The monoisotopic (exact) mass is 353 g/mol. The number of hydrogen-bond donors (Lipinski definition) is 3. The maximum absolute atomic E-state index is 12.0. The Morgan fingerprint density at radius 2 is 1.92 bits per heavy atom. The van der Waals surface area contributed by atoms with E-state index in [1.165, 1.54) is 0 Å². The molecule has 0 bridgehead atoms. The lowest BCUT2D eigenvalue weighted by Gasteiger charge is -2.16. The van der Waals surface area contributed by atoms with Crippen molar-refractivity contribution < 1.29 is 14.3 Å². The van der Waals surface area contributed by atoms with E-state index in [2.05, 4.69) is 23.1 Å². The highest BCUT2D eigenvalue weighted by Gasteiger charge is 2.07. The van der Waals surface area contributed by atoms with Crippen LogP contribution >= 0.6 is 12.2 Å². The average Bonchev–Trinajstić information content (AvgIpc) is 2.57. The Morgan fingerprint density at radius 1 is 1.21 bits per heavy atom. The number of hydrogen-bond acceptors (Lipinski definition) is 4. The average molecular weight is 353 g/mol. The van der Waals surface area contributed by atoms with E-state index in [9.17, 15) is 4.79 Å². The molecular weight excluding hydrogens is 326 g/mol. The van der Waals surface area contributed by atoms with Gasteiger partial charge in [0.25, 0.3) is 5.91 Å². The van der Waals surface area contributed by atoms with Crippen LogP contribution in [-0.4, -0.2) is 37.4 Å². The molecule has 1 aromatic carbocycles. The summed E-state index contributed by atoms with van der Waals surface area (Å²) in [6.45, 7) is 5.30. The van der Waals surface area contributed by atoms with Crippen molar-refractivity contribution in [3.63, 3.8) is 0 Å². The van der Waals surface area contributed by atoms with Crippen molar-refractivity contribution in [2.24, 2.45) is 0 Å². The Bertz CT molecular complexity index is 508. The zero-order valence-corrected chi connectivity index (χ0v) is 15.4. The Kier molecular flexibility index (Phi) is 9.79. The first-order valence-corrected chi connectivity index (χ1v) is 8.56. The number of benzene rings is 1. The summed E-state index contributed by atoms with van der Waals surface area (Å²) in [7, 11) is 1.62. The topological polar surface area (TPSA) is 71.6 Å². The van der Waals surface area contributed by atoms with Gasteiger partial charge in [0.2, 0.25) is 0 Å². The highest BCUT2D eigenvalue weighted by Crippen LogP contribution is 2.12. The number of rotatable bonds is 9. The molecule has 134 valence electrons. The second-order valence-corrected chi connectivity index (χ2v) is 5.90. The molecule has 0 heterocycles. The van der Waals surface area contributed by atoms with E-state index in [-0.39, 0.29) is 11.9 Å². The number of methoxy groups -OCH3 is 1. The number of thiocarbonyl (C=S) groups is 1. The van der Waals surface area contributed by atoms with Gasteiger partial charge in [-0.1, -0.05) is 19.8 Å². The van der Waals surface area contributed by atoms with E-state index in [1.54, 1.807) is 31.4 Å². The third-order valence-corrected chi connectivity index (χ3v) is 3.44. The first-order chi connectivity index (χ1) is 11.6. The molecule has 1 amide bonds. The molecule has 1 rings (SSSR count). The molecule has 7 heteroatoms. The molecule has 24 heavy (non-hydrogen) atoms. The van der Waals surface area contributed by atoms with Gasteiger partial charge in [-0.15, -0.1) is 0 Å². The fourth-order valence-corrected chi connectivity index (χ4v) is 2.23. The van der Waals surface area contributed by atoms with Crippen LogP contribution in [0.5, 0.6) is 5.75 Å². The van der Waals surface area contributed by atoms with Crippen LogP contribution in [0.2, 0.25) is 0 Å². The van der Waals surface area contributed by atoms with Crippen molar-refractivity contribution in [3.8, 4) is 5.75 Å². The lowest BCUT2D eigenvalue weighted by atomic mass is 10.2. The highest BCUT2D eigenvalue weighted by molar-refractivity contribution is 7.80. The quantitative estimate of drug-likeness (QED) is 0.360. The molecule has 0 aliphatic rings. The first-order valence-electron chi connectivity index (χ1n) is 8.15. The number of ether oxygens (including phenoxy) is 2. The van der Waals surface area contributed by atoms with E-state index in [0.29, 0.717) is 23.9 Å². The summed E-state index contributed by atoms with van der Waals surface area (Å²) in [4.78, 5) is 12.0. The predicted molar refractivity (Wildman–Crippen MR) is 99.1 cm³/mol. The van der Waals surface area contributed by atoms with Crippen LogP contribution in [0, 0.1) is 0 Å². The van der Waals surface area contributed by atoms with Crippen LogP contribution in [0.25, 0.3) is 0 Å². The van der Waals surface area contributed by atoms with E-state index in [1.807, 2.05) is 6.92 Å². The van der Waals surface area contributed by atoms with Crippen molar-refractivity contribution in [1.29, 1.82) is 0 Å². The van der Waals surface area contributed by atoms with Crippen molar-refractivity contribution in [2.75, 3.05) is 20.3 Å². The molecule has 0 aliphatic heterocycles. The van der Waals surface area contributed by atoms with Gasteiger partial charge in [0, 0.05) is 18.7 Å². The standard InChI is InChI=1S/C17H27N3O3S/c1-4-5-6-11-23-15-9-7-14(8-10-15)16(21)19-20-17(24)18-13(2)12-22-3/h7-10,13H,4-6,11-12H2,1-3H3,(H,19,21)(H2,18,20,24)/t13-/m0/s1. The van der Waals surface area contributed by atoms with E-state index in [4.69, 9.17) is 21.7 Å². The van der Waals surface area contributed by atoms with Crippen LogP contribution in [-0.2, 0) is 4.74 Å². The number of carbonyl (C=O) groups is 1. The van der Waals surface area contributed by atoms with Gasteiger partial charge in [0.15, 0.2) is 5.11 Å². The minimum Gasteiger partial charge on any atom is -0.494 e. The third kappa shape index (κ3) is 8.12. The Labute approximate surface area is 149 Å². The maximum Gasteiger partial charge on any atom is 0.269 e. The lowest BCUT2D eigenvalue weighted by molar-refractivity contribution is 0.0943. The van der Waals surface area contributed by atoms with E-state index < -0.39 is 0 Å². The number of unbranched alkanes of at least 4 members (excludes halogenated alkanes) is 2. The minimum atomic E-state index is -0.268. The minimum absolute atomic E-state index is 0.0519. The van der Waals surface area contributed by atoms with Crippen LogP contribution in [0.4, 0.5) is 0 Å². The fraction of sp³-hybridized carbons (Fsp3) is 0.529. The van der Waals surface area contributed by atoms with Gasteiger partial charge in [-0.05, 0) is 49.8 Å². The molecular formula is C17H27N3O3S. The van der Waals surface area contributed by atoms with Crippen LogP contribution in [0.15, 0.2) is 24.3 Å². The summed E-state index contributed by atoms with van der Waals surface area (Å²) in [6, 6.07) is 7.07. The molecule has 0 unspecified atom stereocenters. The summed E-state index contributed by atoms with van der Waals surface area (Å²) in [5, 5.41) is 3.33. The van der Waals surface area contributed by atoms with Gasteiger partial charge in [-0.25, -0.2) is 0 Å². The summed E-state index contributed by atoms with van der Waals surface area (Å²) < 4.78 is 10.6. The molecule has 0 radical (unpaired) electrons. The van der Waals surface area contributed by atoms with E-state index in [0.717, 1.165) is 25.0 Å². The second-order valence-electron chi connectivity index (χ2n) is 5.49. The number of nitrogens with one attached hydrogen (secondary N) is 3. The lowest BCUT2D eigenvalue weighted by Crippen LogP contribution is -2.49. The number of carbonyl (C=O) groups excluding carboxylic acids is 1. The van der Waals surface area contributed by atoms with Gasteiger partial charge in [0.1, 0.15) is 5.75 Å². The van der Waals surface area contributed by atoms with Crippen molar-refractivity contribution >= 4 is 23.2 Å². The highest BCUT2D eigenvalue weighted by atomic mass is 32.1. The molecule has 0 saturated heterocycles. The number of amides is 1. The molecule has 1 atom stereocenters. The van der Waals surface area contributed by atoms with Crippen molar-refractivity contribution in [3.05, 3.63) is 29.8 Å². The molecule has 6 nitrogen and oxygen atoms in total. The largest absolute Gasteiger partial charge is 0.494 e. The van der Waals surface area contributed by atoms with Gasteiger partial charge >= 0.3 is 0 Å². The maximum atomic E-state index is 12.0. The van der Waals surface area contributed by atoms with Gasteiger partial charge in [-0.2, -0.15) is 0 Å². The summed E-state index contributed by atoms with van der Waals surface area (Å²) in [6.07, 6.45) is 3.36. The predicted octanol–water partition coefficient (Wildman–Crippen LogP) is 2.40. The van der Waals surface area contributed by atoms with Gasteiger partial charge < -0.3 is 14.8 Å².